The molecular weight excluding hydrogens is 236 g/mol. The van der Waals surface area contributed by atoms with Gasteiger partial charge in [-0.2, -0.15) is 5.10 Å². The zero-order valence-electron chi connectivity index (χ0n) is 11.3. The molecule has 0 heterocycles. The standard InChI is InChI=1S/C16H18N2O/c1-3-12(2)17-18-16(19)11-14-9-6-8-13-7-4-5-10-15(13)14/h4-10H,3,11H2,1-2H3,(H,18,19)/b17-12+. The lowest BCUT2D eigenvalue weighted by atomic mass is 10.0. The molecule has 19 heavy (non-hydrogen) atoms. The molecule has 0 aliphatic carbocycles. The fourth-order valence-corrected chi connectivity index (χ4v) is 1.90. The van der Waals surface area contributed by atoms with Crippen molar-refractivity contribution < 1.29 is 4.79 Å². The highest BCUT2D eigenvalue weighted by atomic mass is 16.2. The summed E-state index contributed by atoms with van der Waals surface area (Å²) in [6, 6.07) is 14.1. The molecular formula is C16H18N2O. The molecule has 98 valence electrons. The van der Waals surface area contributed by atoms with Gasteiger partial charge in [0.05, 0.1) is 6.42 Å². The number of carbonyl (C=O) groups excluding carboxylic acids is 1. The van der Waals surface area contributed by atoms with Crippen LogP contribution in [0.3, 0.4) is 0 Å². The Bertz CT molecular complexity index is 612. The third-order valence-electron chi connectivity index (χ3n) is 3.11. The lowest BCUT2D eigenvalue weighted by Crippen LogP contribution is -2.21. The molecule has 0 unspecified atom stereocenters. The Hall–Kier alpha value is -2.16. The van der Waals surface area contributed by atoms with Crippen molar-refractivity contribution in [2.45, 2.75) is 26.7 Å². The summed E-state index contributed by atoms with van der Waals surface area (Å²) in [6.45, 7) is 3.91. The summed E-state index contributed by atoms with van der Waals surface area (Å²) in [6.07, 6.45) is 1.19. The van der Waals surface area contributed by atoms with E-state index in [-0.39, 0.29) is 5.91 Å². The maximum absolute atomic E-state index is 11.9. The SMILES string of the molecule is CC/C(C)=N/NC(=O)Cc1cccc2ccccc12. The minimum atomic E-state index is -0.0795. The smallest absolute Gasteiger partial charge is 0.244 e. The fourth-order valence-electron chi connectivity index (χ4n) is 1.90. The van der Waals surface area contributed by atoms with Gasteiger partial charge >= 0.3 is 0 Å². The van der Waals surface area contributed by atoms with Gasteiger partial charge in [0.25, 0.3) is 0 Å². The number of rotatable bonds is 4. The summed E-state index contributed by atoms with van der Waals surface area (Å²) in [7, 11) is 0. The normalized spacial score (nSPS) is 11.6. The molecule has 0 spiro atoms. The molecule has 2 aromatic rings. The predicted octanol–water partition coefficient (Wildman–Crippen LogP) is 3.28. The van der Waals surface area contributed by atoms with Crippen molar-refractivity contribution in [2.75, 3.05) is 0 Å². The van der Waals surface area contributed by atoms with Crippen LogP contribution in [0.25, 0.3) is 10.8 Å². The molecule has 2 rings (SSSR count). The van der Waals surface area contributed by atoms with Gasteiger partial charge < -0.3 is 0 Å². The highest BCUT2D eigenvalue weighted by Crippen LogP contribution is 2.18. The molecule has 0 aliphatic heterocycles. The Morgan fingerprint density at radius 1 is 1.16 bits per heavy atom. The third kappa shape index (κ3) is 3.41. The van der Waals surface area contributed by atoms with Crippen molar-refractivity contribution in [1.29, 1.82) is 0 Å². The first kappa shape index (κ1) is 13.3. The highest BCUT2D eigenvalue weighted by Gasteiger charge is 2.05. The quantitative estimate of drug-likeness (QED) is 0.660. The average Bonchev–Trinajstić information content (AvgIpc) is 2.45. The Labute approximate surface area is 113 Å². The number of nitrogens with zero attached hydrogens (tertiary/aromatic N) is 1. The van der Waals surface area contributed by atoms with Gasteiger partial charge in [-0.05, 0) is 29.7 Å². The zero-order chi connectivity index (χ0) is 13.7. The first-order valence-corrected chi connectivity index (χ1v) is 6.49. The summed E-state index contributed by atoms with van der Waals surface area (Å²) < 4.78 is 0. The number of hydrazone groups is 1. The van der Waals surface area contributed by atoms with E-state index in [1.165, 1.54) is 0 Å². The van der Waals surface area contributed by atoms with E-state index in [2.05, 4.69) is 22.7 Å². The minimum Gasteiger partial charge on any atom is -0.273 e. The first-order valence-electron chi connectivity index (χ1n) is 6.49. The topological polar surface area (TPSA) is 41.5 Å². The third-order valence-corrected chi connectivity index (χ3v) is 3.11. The molecule has 0 aliphatic rings. The number of carbonyl (C=O) groups is 1. The second-order valence-electron chi connectivity index (χ2n) is 4.55. The van der Waals surface area contributed by atoms with E-state index in [1.807, 2.05) is 44.2 Å². The lowest BCUT2D eigenvalue weighted by molar-refractivity contribution is -0.120. The largest absolute Gasteiger partial charge is 0.273 e. The van der Waals surface area contributed by atoms with Crippen molar-refractivity contribution >= 4 is 22.4 Å². The van der Waals surface area contributed by atoms with E-state index < -0.39 is 0 Å². The molecule has 2 aromatic carbocycles. The highest BCUT2D eigenvalue weighted by molar-refractivity contribution is 5.90. The summed E-state index contributed by atoms with van der Waals surface area (Å²) in [5.41, 5.74) is 4.55. The van der Waals surface area contributed by atoms with Gasteiger partial charge in [-0.1, -0.05) is 49.4 Å². The number of amides is 1. The number of benzene rings is 2. The van der Waals surface area contributed by atoms with E-state index >= 15 is 0 Å². The van der Waals surface area contributed by atoms with Crippen molar-refractivity contribution in [3.63, 3.8) is 0 Å². The maximum atomic E-state index is 11.9. The van der Waals surface area contributed by atoms with Crippen LogP contribution in [0.15, 0.2) is 47.6 Å². The monoisotopic (exact) mass is 254 g/mol. The minimum absolute atomic E-state index is 0.0795. The van der Waals surface area contributed by atoms with E-state index in [4.69, 9.17) is 0 Å². The van der Waals surface area contributed by atoms with Gasteiger partial charge in [-0.25, -0.2) is 5.43 Å². The molecule has 3 nitrogen and oxygen atoms in total. The van der Waals surface area contributed by atoms with Crippen molar-refractivity contribution in [1.82, 2.24) is 5.43 Å². The summed E-state index contributed by atoms with van der Waals surface area (Å²) in [5, 5.41) is 6.31. The number of nitrogens with one attached hydrogen (secondary N) is 1. The van der Waals surface area contributed by atoms with Gasteiger partial charge in [0, 0.05) is 5.71 Å². The molecule has 0 saturated carbocycles. The summed E-state index contributed by atoms with van der Waals surface area (Å²) in [5.74, 6) is -0.0795. The molecule has 1 N–H and O–H groups in total. The van der Waals surface area contributed by atoms with Crippen molar-refractivity contribution in [3.8, 4) is 0 Å². The van der Waals surface area contributed by atoms with Gasteiger partial charge in [-0.3, -0.25) is 4.79 Å². The molecule has 0 fully saturated rings. The predicted molar refractivity (Wildman–Crippen MR) is 79.2 cm³/mol. The maximum Gasteiger partial charge on any atom is 0.244 e. The van der Waals surface area contributed by atoms with Gasteiger partial charge in [0.1, 0.15) is 0 Å². The van der Waals surface area contributed by atoms with Gasteiger partial charge in [0.2, 0.25) is 5.91 Å². The Morgan fingerprint density at radius 2 is 1.89 bits per heavy atom. The fraction of sp³-hybridized carbons (Fsp3) is 0.250. The number of hydrogen-bond acceptors (Lipinski definition) is 2. The molecule has 0 bridgehead atoms. The van der Waals surface area contributed by atoms with E-state index in [9.17, 15) is 4.79 Å². The van der Waals surface area contributed by atoms with E-state index in [0.717, 1.165) is 28.5 Å². The van der Waals surface area contributed by atoms with Gasteiger partial charge in [0.15, 0.2) is 0 Å². The van der Waals surface area contributed by atoms with Crippen LogP contribution in [0.1, 0.15) is 25.8 Å². The molecule has 0 radical (unpaired) electrons. The first-order chi connectivity index (χ1) is 9.20. The van der Waals surface area contributed by atoms with Crippen LogP contribution in [0.5, 0.6) is 0 Å². The average molecular weight is 254 g/mol. The molecule has 0 aromatic heterocycles. The number of fused-ring (bicyclic) bond motifs is 1. The molecule has 3 heteroatoms. The number of hydrogen-bond donors (Lipinski definition) is 1. The second-order valence-corrected chi connectivity index (χ2v) is 4.55. The molecule has 1 amide bonds. The summed E-state index contributed by atoms with van der Waals surface area (Å²) >= 11 is 0. The van der Waals surface area contributed by atoms with Gasteiger partial charge in [-0.15, -0.1) is 0 Å². The Balaban J connectivity index is 2.15. The Kier molecular flexibility index (Phi) is 4.29. The zero-order valence-corrected chi connectivity index (χ0v) is 11.3. The van der Waals surface area contributed by atoms with Crippen molar-refractivity contribution in [2.24, 2.45) is 5.10 Å². The van der Waals surface area contributed by atoms with Crippen LogP contribution in [0.4, 0.5) is 0 Å². The van der Waals surface area contributed by atoms with Crippen LogP contribution < -0.4 is 5.43 Å². The van der Waals surface area contributed by atoms with Crippen molar-refractivity contribution in [3.05, 3.63) is 48.0 Å². The Morgan fingerprint density at radius 3 is 2.68 bits per heavy atom. The molecule has 0 atom stereocenters. The summed E-state index contributed by atoms with van der Waals surface area (Å²) in [4.78, 5) is 11.9. The van der Waals surface area contributed by atoms with Crippen LogP contribution >= 0.6 is 0 Å². The van der Waals surface area contributed by atoms with E-state index in [1.54, 1.807) is 0 Å². The van der Waals surface area contributed by atoms with E-state index in [0.29, 0.717) is 6.42 Å². The van der Waals surface area contributed by atoms with Crippen LogP contribution in [0, 0.1) is 0 Å². The molecule has 0 saturated heterocycles. The second kappa shape index (κ2) is 6.14. The van der Waals surface area contributed by atoms with Crippen LogP contribution in [-0.4, -0.2) is 11.6 Å². The van der Waals surface area contributed by atoms with Crippen LogP contribution in [0.2, 0.25) is 0 Å². The van der Waals surface area contributed by atoms with Crippen LogP contribution in [-0.2, 0) is 11.2 Å². The lowest BCUT2D eigenvalue weighted by Gasteiger charge is -2.06.